The largest absolute Gasteiger partial charge is 0.300 e. The third-order valence-corrected chi connectivity index (χ3v) is 1.93. The van der Waals surface area contributed by atoms with Crippen molar-refractivity contribution in [1.29, 1.82) is 0 Å². The molecule has 60 valence electrons. The summed E-state index contributed by atoms with van der Waals surface area (Å²) in [6.07, 6.45) is 0. The van der Waals surface area contributed by atoms with Gasteiger partial charge in [0.15, 0.2) is 0 Å². The van der Waals surface area contributed by atoms with Crippen LogP contribution in [0.5, 0.6) is 0 Å². The molecule has 1 aromatic rings. The normalized spacial score (nSPS) is 9.91. The lowest BCUT2D eigenvalue weighted by Crippen LogP contribution is -2.00. The van der Waals surface area contributed by atoms with Crippen LogP contribution in [0.25, 0.3) is 0 Å². The molecule has 0 spiro atoms. The summed E-state index contributed by atoms with van der Waals surface area (Å²) < 4.78 is 0. The molecule has 6 heteroatoms. The van der Waals surface area contributed by atoms with Crippen molar-refractivity contribution in [1.82, 2.24) is 0 Å². The first-order chi connectivity index (χ1) is 5.25. The van der Waals surface area contributed by atoms with Gasteiger partial charge in [0, 0.05) is 5.38 Å². The fraction of sp³-hybridized carbons (Fsp3) is 0.200. The molecule has 0 bridgehead atoms. The Kier molecular flexibility index (Phi) is 2.53. The van der Waals surface area contributed by atoms with Gasteiger partial charge in [-0.3, -0.25) is 15.0 Å². The van der Waals surface area contributed by atoms with E-state index < -0.39 is 4.92 Å². The summed E-state index contributed by atoms with van der Waals surface area (Å²) in [6.45, 7) is 0.0831. The lowest BCUT2D eigenvalue weighted by atomic mass is 10.3. The van der Waals surface area contributed by atoms with E-state index in [0.29, 0.717) is 5.56 Å². The number of thiophene rings is 1. The summed E-state index contributed by atoms with van der Waals surface area (Å²) >= 11 is 1.26. The fourth-order valence-electron chi connectivity index (χ4n) is 0.675. The summed E-state index contributed by atoms with van der Waals surface area (Å²) in [5.74, 6) is 4.77. The average Bonchev–Trinajstić information content (AvgIpc) is 2.36. The van der Waals surface area contributed by atoms with Crippen LogP contribution in [-0.2, 0) is 11.4 Å². The van der Waals surface area contributed by atoms with Crippen LogP contribution in [0.15, 0.2) is 10.8 Å². The monoisotopic (exact) mass is 174 g/mol. The van der Waals surface area contributed by atoms with Crippen LogP contribution in [-0.4, -0.2) is 4.92 Å². The van der Waals surface area contributed by atoms with Gasteiger partial charge in [0.2, 0.25) is 0 Å². The zero-order valence-electron chi connectivity index (χ0n) is 5.52. The van der Waals surface area contributed by atoms with Crippen molar-refractivity contribution >= 4 is 17.0 Å². The first kappa shape index (κ1) is 8.12. The molecule has 0 saturated carbocycles. The number of hydrogen-bond acceptors (Lipinski definition) is 5. The molecule has 0 aromatic carbocycles. The van der Waals surface area contributed by atoms with Gasteiger partial charge in [0.05, 0.1) is 15.9 Å². The maximum atomic E-state index is 10.3. The molecule has 11 heavy (non-hydrogen) atoms. The van der Waals surface area contributed by atoms with E-state index in [4.69, 9.17) is 5.90 Å². The van der Waals surface area contributed by atoms with Gasteiger partial charge in [0.25, 0.3) is 5.69 Å². The Hall–Kier alpha value is -0.980. The van der Waals surface area contributed by atoms with Crippen molar-refractivity contribution in [2.45, 2.75) is 6.61 Å². The van der Waals surface area contributed by atoms with Gasteiger partial charge in [-0.15, -0.1) is 11.3 Å². The highest BCUT2D eigenvalue weighted by atomic mass is 32.1. The molecular weight excluding hydrogens is 168 g/mol. The van der Waals surface area contributed by atoms with Gasteiger partial charge in [-0.1, -0.05) is 0 Å². The van der Waals surface area contributed by atoms with Crippen LogP contribution in [0, 0.1) is 10.1 Å². The third kappa shape index (κ3) is 1.73. The minimum Gasteiger partial charge on any atom is -0.300 e. The van der Waals surface area contributed by atoms with Gasteiger partial charge in [-0.05, 0) is 0 Å². The minimum atomic E-state index is -0.454. The summed E-state index contributed by atoms with van der Waals surface area (Å²) in [4.78, 5) is 14.1. The van der Waals surface area contributed by atoms with Gasteiger partial charge in [0.1, 0.15) is 6.61 Å². The smallest absolute Gasteiger partial charge is 0.285 e. The topological polar surface area (TPSA) is 78.4 Å². The van der Waals surface area contributed by atoms with Crippen molar-refractivity contribution in [2.75, 3.05) is 0 Å². The summed E-state index contributed by atoms with van der Waals surface area (Å²) in [7, 11) is 0. The van der Waals surface area contributed by atoms with E-state index in [9.17, 15) is 10.1 Å². The van der Waals surface area contributed by atoms with Crippen molar-refractivity contribution in [3.8, 4) is 0 Å². The second-order valence-electron chi connectivity index (χ2n) is 1.85. The second-order valence-corrected chi connectivity index (χ2v) is 2.59. The van der Waals surface area contributed by atoms with Crippen molar-refractivity contribution in [3.05, 3.63) is 26.4 Å². The summed E-state index contributed by atoms with van der Waals surface area (Å²) in [5.41, 5.74) is 0.586. The van der Waals surface area contributed by atoms with Gasteiger partial charge in [-0.2, -0.15) is 0 Å². The van der Waals surface area contributed by atoms with Crippen molar-refractivity contribution in [3.63, 3.8) is 0 Å². The van der Waals surface area contributed by atoms with Crippen LogP contribution in [0.4, 0.5) is 5.69 Å². The van der Waals surface area contributed by atoms with Gasteiger partial charge >= 0.3 is 0 Å². The predicted molar refractivity (Wildman–Crippen MR) is 39.9 cm³/mol. The summed E-state index contributed by atoms with van der Waals surface area (Å²) in [6, 6.07) is 0. The predicted octanol–water partition coefficient (Wildman–Crippen LogP) is 1.05. The van der Waals surface area contributed by atoms with E-state index in [0.717, 1.165) is 0 Å². The molecule has 0 radical (unpaired) electrons. The van der Waals surface area contributed by atoms with Crippen LogP contribution in [0.1, 0.15) is 5.56 Å². The Balaban J connectivity index is 2.87. The quantitative estimate of drug-likeness (QED) is 0.548. The molecule has 0 aliphatic rings. The molecule has 0 unspecified atom stereocenters. The molecule has 0 atom stereocenters. The molecule has 2 N–H and O–H groups in total. The van der Waals surface area contributed by atoms with Crippen LogP contribution in [0.3, 0.4) is 0 Å². The lowest BCUT2D eigenvalue weighted by molar-refractivity contribution is -0.385. The Labute approximate surface area is 66.5 Å². The van der Waals surface area contributed by atoms with E-state index >= 15 is 0 Å². The van der Waals surface area contributed by atoms with Gasteiger partial charge in [-0.25, -0.2) is 5.90 Å². The zero-order chi connectivity index (χ0) is 8.27. The molecule has 0 saturated heterocycles. The maximum Gasteiger partial charge on any atom is 0.285 e. The summed E-state index contributed by atoms with van der Waals surface area (Å²) in [5, 5.41) is 13.4. The molecule has 1 heterocycles. The molecule has 0 fully saturated rings. The zero-order valence-corrected chi connectivity index (χ0v) is 6.34. The highest BCUT2D eigenvalue weighted by Crippen LogP contribution is 2.23. The van der Waals surface area contributed by atoms with E-state index in [1.807, 2.05) is 0 Å². The van der Waals surface area contributed by atoms with Gasteiger partial charge < -0.3 is 0 Å². The van der Waals surface area contributed by atoms with E-state index in [2.05, 4.69) is 4.84 Å². The Bertz CT molecular complexity index is 260. The SMILES string of the molecule is NOCc1cscc1[N+](=O)[O-]. The second kappa shape index (κ2) is 3.42. The average molecular weight is 174 g/mol. The number of nitrogens with zero attached hydrogens (tertiary/aromatic N) is 1. The highest BCUT2D eigenvalue weighted by molar-refractivity contribution is 7.08. The van der Waals surface area contributed by atoms with E-state index in [-0.39, 0.29) is 12.3 Å². The van der Waals surface area contributed by atoms with Crippen molar-refractivity contribution < 1.29 is 9.76 Å². The highest BCUT2D eigenvalue weighted by Gasteiger charge is 2.13. The molecular formula is C5H6N2O3S. The minimum absolute atomic E-state index is 0.0699. The first-order valence-electron chi connectivity index (χ1n) is 2.77. The Morgan fingerprint density at radius 1 is 1.73 bits per heavy atom. The van der Waals surface area contributed by atoms with E-state index in [1.54, 1.807) is 5.38 Å². The fourth-order valence-corrected chi connectivity index (χ4v) is 1.46. The number of hydrogen-bond donors (Lipinski definition) is 1. The number of rotatable bonds is 3. The molecule has 0 aliphatic carbocycles. The Morgan fingerprint density at radius 3 is 3.00 bits per heavy atom. The molecule has 0 aliphatic heterocycles. The first-order valence-corrected chi connectivity index (χ1v) is 3.71. The molecule has 0 amide bonds. The van der Waals surface area contributed by atoms with Crippen LogP contribution in [0.2, 0.25) is 0 Å². The van der Waals surface area contributed by atoms with Crippen LogP contribution >= 0.6 is 11.3 Å². The van der Waals surface area contributed by atoms with Crippen LogP contribution < -0.4 is 5.90 Å². The standard InChI is InChI=1S/C5H6N2O3S/c6-10-1-4-2-11-3-5(4)7(8)9/h2-3H,1,6H2. The lowest BCUT2D eigenvalue weighted by Gasteiger charge is -1.92. The third-order valence-electron chi connectivity index (χ3n) is 1.15. The Morgan fingerprint density at radius 2 is 2.45 bits per heavy atom. The number of nitro groups is 1. The maximum absolute atomic E-state index is 10.3. The van der Waals surface area contributed by atoms with E-state index in [1.165, 1.54) is 16.7 Å². The number of nitrogens with two attached hydrogens (primary N) is 1. The molecule has 1 rings (SSSR count). The molecule has 1 aromatic heterocycles. The molecule has 5 nitrogen and oxygen atoms in total. The van der Waals surface area contributed by atoms with Crippen molar-refractivity contribution in [2.24, 2.45) is 5.90 Å².